The highest BCUT2D eigenvalue weighted by Crippen LogP contribution is 2.33. The predicted octanol–water partition coefficient (Wildman–Crippen LogP) is 2.61. The fraction of sp³-hybridized carbons (Fsp3) is 0.385. The van der Waals surface area contributed by atoms with E-state index in [1.54, 1.807) is 13.2 Å². The molecule has 12 heteroatoms. The monoisotopic (exact) mass is 523 g/mol. The minimum absolute atomic E-state index is 0.0812. The van der Waals surface area contributed by atoms with E-state index < -0.39 is 5.82 Å². The Balaban J connectivity index is 1.61. The molecule has 1 fully saturated rings. The van der Waals surface area contributed by atoms with Crippen LogP contribution in [0.25, 0.3) is 22.2 Å². The molecule has 1 amide bonds. The van der Waals surface area contributed by atoms with Crippen LogP contribution in [0.2, 0.25) is 0 Å². The Hall–Kier alpha value is -4.03. The summed E-state index contributed by atoms with van der Waals surface area (Å²) < 4.78 is 20.0. The molecule has 1 aliphatic rings. The number of rotatable bonds is 8. The highest BCUT2D eigenvalue weighted by atomic mass is 19.1. The second-order valence-electron chi connectivity index (χ2n) is 9.33. The number of hydrogen-bond acceptors (Lipinski definition) is 9. The fourth-order valence-corrected chi connectivity index (χ4v) is 4.70. The summed E-state index contributed by atoms with van der Waals surface area (Å²) >= 11 is 0. The number of halogens is 1. The SMILES string of the molecule is CN=CC(Nc1ncc(F)c(-c2c[nH]c3c(NC(=O)C(C)N4CCN(C)CC4C)cccc23)n1)=C(N)OC. The first kappa shape index (κ1) is 27.0. The first-order valence-corrected chi connectivity index (χ1v) is 12.3. The summed E-state index contributed by atoms with van der Waals surface area (Å²) in [4.78, 5) is 33.2. The summed E-state index contributed by atoms with van der Waals surface area (Å²) in [5.41, 5.74) is 8.08. The maximum atomic E-state index is 14.9. The Kier molecular flexibility index (Phi) is 8.23. The first-order chi connectivity index (χ1) is 18.2. The van der Waals surface area contributed by atoms with Gasteiger partial charge in [-0.15, -0.1) is 0 Å². The number of aromatic amines is 1. The van der Waals surface area contributed by atoms with Crippen molar-refractivity contribution in [3.63, 3.8) is 0 Å². The van der Waals surface area contributed by atoms with Crippen LogP contribution in [0.5, 0.6) is 0 Å². The van der Waals surface area contributed by atoms with Crippen molar-refractivity contribution < 1.29 is 13.9 Å². The Morgan fingerprint density at radius 1 is 1.37 bits per heavy atom. The molecule has 11 nitrogen and oxygen atoms in total. The summed E-state index contributed by atoms with van der Waals surface area (Å²) in [6.07, 6.45) is 4.20. The number of amides is 1. The number of nitrogens with one attached hydrogen (secondary N) is 3. The molecule has 202 valence electrons. The van der Waals surface area contributed by atoms with Crippen molar-refractivity contribution in [3.8, 4) is 11.3 Å². The van der Waals surface area contributed by atoms with Gasteiger partial charge in [-0.3, -0.25) is 14.7 Å². The van der Waals surface area contributed by atoms with E-state index in [9.17, 15) is 9.18 Å². The number of methoxy groups -OCH3 is 1. The molecule has 0 bridgehead atoms. The van der Waals surface area contributed by atoms with Crippen LogP contribution < -0.4 is 16.4 Å². The lowest BCUT2D eigenvalue weighted by atomic mass is 10.1. The average Bonchev–Trinajstić information content (AvgIpc) is 3.33. The van der Waals surface area contributed by atoms with E-state index in [0.717, 1.165) is 25.8 Å². The van der Waals surface area contributed by atoms with Crippen molar-refractivity contribution in [2.24, 2.45) is 10.7 Å². The number of aromatic nitrogens is 3. The maximum Gasteiger partial charge on any atom is 0.241 e. The largest absolute Gasteiger partial charge is 0.481 e. The number of carbonyl (C=O) groups excluding carboxylic acids is 1. The molecule has 1 aromatic carbocycles. The number of hydrogen-bond donors (Lipinski definition) is 4. The predicted molar refractivity (Wildman–Crippen MR) is 147 cm³/mol. The molecule has 5 N–H and O–H groups in total. The smallest absolute Gasteiger partial charge is 0.241 e. The Morgan fingerprint density at radius 2 is 2.16 bits per heavy atom. The number of nitrogens with two attached hydrogens (primary N) is 1. The molecule has 2 aromatic heterocycles. The lowest BCUT2D eigenvalue weighted by molar-refractivity contribution is -0.122. The number of benzene rings is 1. The first-order valence-electron chi connectivity index (χ1n) is 12.3. The number of aliphatic imine (C=N–C) groups is 1. The molecule has 3 heterocycles. The van der Waals surface area contributed by atoms with Crippen molar-refractivity contribution in [1.82, 2.24) is 24.8 Å². The quantitative estimate of drug-likeness (QED) is 0.261. The van der Waals surface area contributed by atoms with Gasteiger partial charge >= 0.3 is 0 Å². The zero-order chi connectivity index (χ0) is 27.4. The third-order valence-corrected chi connectivity index (χ3v) is 6.72. The van der Waals surface area contributed by atoms with Gasteiger partial charge in [0.15, 0.2) is 5.82 Å². The number of ether oxygens (including phenoxy) is 1. The number of anilines is 2. The van der Waals surface area contributed by atoms with E-state index in [0.29, 0.717) is 27.9 Å². The molecule has 0 saturated carbocycles. The number of piperazine rings is 1. The van der Waals surface area contributed by atoms with Crippen LogP contribution in [-0.2, 0) is 9.53 Å². The van der Waals surface area contributed by atoms with Gasteiger partial charge in [0.2, 0.25) is 17.7 Å². The molecule has 0 spiro atoms. The molecular formula is C26H34FN9O2. The second-order valence-corrected chi connectivity index (χ2v) is 9.33. The molecule has 2 unspecified atom stereocenters. The van der Waals surface area contributed by atoms with Gasteiger partial charge in [0.1, 0.15) is 11.4 Å². The van der Waals surface area contributed by atoms with Crippen molar-refractivity contribution in [2.45, 2.75) is 25.9 Å². The van der Waals surface area contributed by atoms with Crippen molar-refractivity contribution >= 4 is 34.7 Å². The molecule has 2 atom stereocenters. The number of para-hydroxylation sites is 1. The summed E-state index contributed by atoms with van der Waals surface area (Å²) in [5, 5.41) is 6.67. The van der Waals surface area contributed by atoms with E-state index in [2.05, 4.69) is 54.3 Å². The van der Waals surface area contributed by atoms with Crippen LogP contribution in [0.3, 0.4) is 0 Å². The number of carbonyl (C=O) groups is 1. The summed E-state index contributed by atoms with van der Waals surface area (Å²) in [5.74, 6) is -0.502. The fourth-order valence-electron chi connectivity index (χ4n) is 4.70. The Morgan fingerprint density at radius 3 is 2.87 bits per heavy atom. The van der Waals surface area contributed by atoms with E-state index in [4.69, 9.17) is 10.5 Å². The third kappa shape index (κ3) is 5.60. The minimum Gasteiger partial charge on any atom is -0.481 e. The standard InChI is InChI=1S/C26H34FN9O2/c1-15-14-35(4)9-10-36(15)16(2)25(37)32-20-8-6-7-17-18(11-30-23(17)20)22-19(27)12-31-26(34-22)33-21(13-29-3)24(28)38-5/h6-8,11-13,15-16,30H,9-10,14,28H2,1-5H3,(H,32,37)(H,31,33,34). The minimum atomic E-state index is -0.599. The third-order valence-electron chi connectivity index (χ3n) is 6.72. The highest BCUT2D eigenvalue weighted by Gasteiger charge is 2.30. The maximum absolute atomic E-state index is 14.9. The highest BCUT2D eigenvalue weighted by molar-refractivity contribution is 6.06. The van der Waals surface area contributed by atoms with Gasteiger partial charge in [0.05, 0.1) is 30.6 Å². The Labute approximate surface area is 221 Å². The van der Waals surface area contributed by atoms with Crippen LogP contribution in [-0.4, -0.2) is 89.8 Å². The van der Waals surface area contributed by atoms with Crippen molar-refractivity contribution in [2.75, 3.05) is 51.5 Å². The molecule has 0 aliphatic carbocycles. The van der Waals surface area contributed by atoms with Gasteiger partial charge in [-0.2, -0.15) is 0 Å². The molecule has 4 rings (SSSR count). The lowest BCUT2D eigenvalue weighted by Gasteiger charge is -2.41. The van der Waals surface area contributed by atoms with Crippen molar-refractivity contribution in [3.05, 3.63) is 48.0 Å². The number of allylic oxidation sites excluding steroid dienone is 1. The van der Waals surface area contributed by atoms with E-state index in [1.165, 1.54) is 13.3 Å². The van der Waals surface area contributed by atoms with Gasteiger partial charge in [-0.1, -0.05) is 12.1 Å². The summed E-state index contributed by atoms with van der Waals surface area (Å²) in [6.45, 7) is 6.71. The number of likely N-dealkylation sites (N-methyl/N-ethyl adjacent to an activating group) is 1. The Bertz CT molecular complexity index is 1370. The van der Waals surface area contributed by atoms with Crippen LogP contribution in [0.1, 0.15) is 13.8 Å². The molecule has 0 radical (unpaired) electrons. The van der Waals surface area contributed by atoms with Gasteiger partial charge < -0.3 is 31.0 Å². The topological polar surface area (TPSA) is 137 Å². The zero-order valence-corrected chi connectivity index (χ0v) is 22.2. The van der Waals surface area contributed by atoms with Crippen LogP contribution >= 0.6 is 0 Å². The van der Waals surface area contributed by atoms with Gasteiger partial charge in [-0.05, 0) is 27.0 Å². The van der Waals surface area contributed by atoms with Crippen LogP contribution in [0.15, 0.2) is 47.2 Å². The lowest BCUT2D eigenvalue weighted by Crippen LogP contribution is -2.56. The van der Waals surface area contributed by atoms with Crippen LogP contribution in [0.4, 0.5) is 16.0 Å². The van der Waals surface area contributed by atoms with Gasteiger partial charge in [0.25, 0.3) is 0 Å². The normalized spacial score (nSPS) is 18.4. The average molecular weight is 524 g/mol. The molecule has 1 aliphatic heterocycles. The summed E-state index contributed by atoms with van der Waals surface area (Å²) in [7, 11) is 5.09. The molecular weight excluding hydrogens is 489 g/mol. The summed E-state index contributed by atoms with van der Waals surface area (Å²) in [6, 6.07) is 5.44. The second kappa shape index (κ2) is 11.6. The zero-order valence-electron chi connectivity index (χ0n) is 22.2. The van der Waals surface area contributed by atoms with E-state index >= 15 is 0 Å². The molecule has 1 saturated heterocycles. The van der Waals surface area contributed by atoms with E-state index in [1.807, 2.05) is 25.1 Å². The number of fused-ring (bicyclic) bond motifs is 1. The van der Waals surface area contributed by atoms with Crippen LogP contribution in [0, 0.1) is 5.82 Å². The van der Waals surface area contributed by atoms with E-state index in [-0.39, 0.29) is 35.5 Å². The number of nitrogens with zero attached hydrogens (tertiary/aromatic N) is 5. The van der Waals surface area contributed by atoms with Crippen molar-refractivity contribution in [1.29, 1.82) is 0 Å². The number of H-pyrrole nitrogens is 1. The van der Waals surface area contributed by atoms with Gasteiger partial charge in [-0.25, -0.2) is 14.4 Å². The molecule has 38 heavy (non-hydrogen) atoms. The van der Waals surface area contributed by atoms with Gasteiger partial charge in [0, 0.05) is 56.1 Å². The molecule has 3 aromatic rings.